The lowest BCUT2D eigenvalue weighted by Crippen LogP contribution is -2.47. The zero-order valence-corrected chi connectivity index (χ0v) is 44.1. The molecule has 3 atom stereocenters. The zero-order valence-electron chi connectivity index (χ0n) is 43.2. The van der Waals surface area contributed by atoms with E-state index in [2.05, 4.69) is 62.5 Å². The molecule has 0 aromatic carbocycles. The van der Waals surface area contributed by atoms with Gasteiger partial charge in [0, 0.05) is 12.8 Å². The third-order valence-corrected chi connectivity index (χ3v) is 12.7. The van der Waals surface area contributed by atoms with E-state index in [1.54, 1.807) is 0 Å². The molecule has 0 bridgehead atoms. The summed E-state index contributed by atoms with van der Waals surface area (Å²) in [5.41, 5.74) is 0. The highest BCUT2D eigenvalue weighted by Gasteiger charge is 2.30. The number of nitrogens with zero attached hydrogens (tertiary/aromatic N) is 1. The molecule has 380 valence electrons. The summed E-state index contributed by atoms with van der Waals surface area (Å²) in [6.07, 6.45) is 53.9. The maximum atomic E-state index is 13.4. The van der Waals surface area contributed by atoms with Crippen molar-refractivity contribution < 1.29 is 37.3 Å². The molecule has 0 aromatic rings. The van der Waals surface area contributed by atoms with Gasteiger partial charge in [0.2, 0.25) is 5.91 Å². The maximum Gasteiger partial charge on any atom is 0.472 e. The molecule has 0 rings (SSSR count). The number of phosphoric acid groups is 1. The summed E-state index contributed by atoms with van der Waals surface area (Å²) in [5, 5.41) is 3.03. The number of hydrogen-bond donors (Lipinski definition) is 2. The number of esters is 1. The van der Waals surface area contributed by atoms with Crippen LogP contribution in [0, 0.1) is 0 Å². The highest BCUT2D eigenvalue weighted by atomic mass is 31.2. The molecule has 1 amide bonds. The second kappa shape index (κ2) is 45.7. The second-order valence-electron chi connectivity index (χ2n) is 19.4. The van der Waals surface area contributed by atoms with Crippen LogP contribution in [0.15, 0.2) is 48.6 Å². The molecule has 2 N–H and O–H groups in total. The maximum absolute atomic E-state index is 13.4. The van der Waals surface area contributed by atoms with Crippen molar-refractivity contribution in [3.8, 4) is 0 Å². The number of amides is 1. The van der Waals surface area contributed by atoms with Crippen LogP contribution < -0.4 is 5.32 Å². The van der Waals surface area contributed by atoms with E-state index in [0.29, 0.717) is 17.4 Å². The number of nitrogens with one attached hydrogen (secondary N) is 1. The van der Waals surface area contributed by atoms with Gasteiger partial charge in [0.25, 0.3) is 0 Å². The normalized spacial score (nSPS) is 14.3. The van der Waals surface area contributed by atoms with Gasteiger partial charge in [-0.2, -0.15) is 0 Å². The van der Waals surface area contributed by atoms with Crippen LogP contribution in [-0.2, 0) is 27.9 Å². The Morgan fingerprint density at radius 1 is 0.554 bits per heavy atom. The molecular weight excluding hydrogens is 832 g/mol. The molecular formula is C55H104N2O7P+. The predicted molar refractivity (Wildman–Crippen MR) is 277 cm³/mol. The van der Waals surface area contributed by atoms with Crippen LogP contribution in [0.4, 0.5) is 0 Å². The van der Waals surface area contributed by atoms with Gasteiger partial charge in [-0.15, -0.1) is 0 Å². The molecule has 0 spiro atoms. The average Bonchev–Trinajstić information content (AvgIpc) is 3.26. The van der Waals surface area contributed by atoms with Crippen LogP contribution in [0.1, 0.15) is 239 Å². The van der Waals surface area contributed by atoms with E-state index in [-0.39, 0.29) is 31.5 Å². The summed E-state index contributed by atoms with van der Waals surface area (Å²) >= 11 is 0. The SMILES string of the molecule is CC/C=C/C/C=C/CCCCCCCCCC(=O)OC(/C=C/CCCCCCCCCCC)C(COP(=O)(O)OCC[N+](C)(C)C)NC(=O)CCCCC/C=C\CCCCCCCCC. The van der Waals surface area contributed by atoms with Gasteiger partial charge in [-0.3, -0.25) is 18.6 Å². The minimum atomic E-state index is -4.44. The lowest BCUT2D eigenvalue weighted by Gasteiger charge is -2.27. The standard InChI is InChI=1S/C55H103N2O7P/c1-7-10-13-16-19-22-25-27-29-32-35-38-41-44-47-54(58)56-52(51-63-65(60,61)62-50-49-57(4,5)6)53(46-43-40-37-34-31-24-21-18-15-12-9-3)64-55(59)48-45-42-39-36-33-30-28-26-23-20-17-14-11-8-2/h11,14,20,23,29,32,43,46,52-53H,7-10,12-13,15-19,21-22,24-28,30-31,33-42,44-45,47-51H2,1-6H3,(H-,56,58,60,61)/p+1/b14-11+,23-20+,32-29-,46-43+. The Balaban J connectivity index is 5.41. The van der Waals surface area contributed by atoms with Crippen molar-refractivity contribution >= 4 is 19.7 Å². The fourth-order valence-corrected chi connectivity index (χ4v) is 8.30. The Hall–Kier alpha value is -2.03. The number of likely N-dealkylation sites (N-methyl/N-ethyl adjacent to an activating group) is 1. The van der Waals surface area contributed by atoms with E-state index < -0.39 is 20.0 Å². The summed E-state index contributed by atoms with van der Waals surface area (Å²) in [6.45, 7) is 6.87. The number of hydrogen-bond acceptors (Lipinski definition) is 6. The number of carbonyl (C=O) groups excluding carboxylic acids is 2. The van der Waals surface area contributed by atoms with Gasteiger partial charge in [-0.1, -0.05) is 192 Å². The summed E-state index contributed by atoms with van der Waals surface area (Å²) in [4.78, 5) is 37.4. The number of rotatable bonds is 48. The average molecular weight is 936 g/mol. The van der Waals surface area contributed by atoms with Gasteiger partial charge in [0.15, 0.2) is 0 Å². The highest BCUT2D eigenvalue weighted by molar-refractivity contribution is 7.47. The van der Waals surface area contributed by atoms with Crippen molar-refractivity contribution in [2.45, 2.75) is 251 Å². The van der Waals surface area contributed by atoms with Crippen molar-refractivity contribution in [3.63, 3.8) is 0 Å². The molecule has 0 aromatic heterocycles. The first-order chi connectivity index (χ1) is 31.4. The molecule has 65 heavy (non-hydrogen) atoms. The molecule has 0 fully saturated rings. The van der Waals surface area contributed by atoms with E-state index in [0.717, 1.165) is 96.3 Å². The Morgan fingerprint density at radius 2 is 0.985 bits per heavy atom. The number of quaternary nitrogens is 1. The molecule has 0 aliphatic rings. The number of carbonyl (C=O) groups is 2. The molecule has 0 radical (unpaired) electrons. The van der Waals surface area contributed by atoms with Gasteiger partial charge in [-0.25, -0.2) is 4.57 Å². The number of unbranched alkanes of at least 4 members (excludes halogenated alkanes) is 26. The number of ether oxygens (including phenoxy) is 1. The van der Waals surface area contributed by atoms with Gasteiger partial charge >= 0.3 is 13.8 Å². The van der Waals surface area contributed by atoms with Gasteiger partial charge in [0.05, 0.1) is 33.8 Å². The van der Waals surface area contributed by atoms with Gasteiger partial charge < -0.3 is 19.4 Å². The Kier molecular flexibility index (Phi) is 44.3. The fraction of sp³-hybridized carbons (Fsp3) is 0.818. The van der Waals surface area contributed by atoms with E-state index in [1.165, 1.54) is 109 Å². The van der Waals surface area contributed by atoms with Crippen LogP contribution in [0.25, 0.3) is 0 Å². The Bertz CT molecular complexity index is 1260. The fourth-order valence-electron chi connectivity index (χ4n) is 7.56. The van der Waals surface area contributed by atoms with E-state index in [9.17, 15) is 19.0 Å². The molecule has 0 saturated carbocycles. The van der Waals surface area contributed by atoms with Crippen LogP contribution in [0.5, 0.6) is 0 Å². The van der Waals surface area contributed by atoms with Crippen LogP contribution >= 0.6 is 7.82 Å². The quantitative estimate of drug-likeness (QED) is 0.0205. The topological polar surface area (TPSA) is 111 Å². The highest BCUT2D eigenvalue weighted by Crippen LogP contribution is 2.43. The largest absolute Gasteiger partial charge is 0.472 e. The monoisotopic (exact) mass is 936 g/mol. The molecule has 10 heteroatoms. The minimum Gasteiger partial charge on any atom is -0.456 e. The van der Waals surface area contributed by atoms with Crippen molar-refractivity contribution in [3.05, 3.63) is 48.6 Å². The van der Waals surface area contributed by atoms with Crippen molar-refractivity contribution in [1.82, 2.24) is 5.32 Å². The van der Waals surface area contributed by atoms with Gasteiger partial charge in [0.1, 0.15) is 19.3 Å². The van der Waals surface area contributed by atoms with Crippen LogP contribution in [0.3, 0.4) is 0 Å². The second-order valence-corrected chi connectivity index (χ2v) is 20.8. The summed E-state index contributed by atoms with van der Waals surface area (Å²) in [7, 11) is 1.48. The number of allylic oxidation sites excluding steroid dienone is 7. The first-order valence-electron chi connectivity index (χ1n) is 27.0. The third-order valence-electron chi connectivity index (χ3n) is 11.8. The van der Waals surface area contributed by atoms with E-state index >= 15 is 0 Å². The predicted octanol–water partition coefficient (Wildman–Crippen LogP) is 15.8. The lowest BCUT2D eigenvalue weighted by molar-refractivity contribution is -0.870. The molecule has 0 saturated heterocycles. The van der Waals surface area contributed by atoms with Crippen LogP contribution in [0.2, 0.25) is 0 Å². The van der Waals surface area contributed by atoms with E-state index in [4.69, 9.17) is 13.8 Å². The zero-order chi connectivity index (χ0) is 48.0. The molecule has 0 heterocycles. The molecule has 0 aliphatic heterocycles. The Morgan fingerprint density at radius 3 is 1.49 bits per heavy atom. The third kappa shape index (κ3) is 46.9. The Labute approximate surface area is 401 Å². The lowest BCUT2D eigenvalue weighted by atomic mass is 10.1. The molecule has 0 aliphatic carbocycles. The van der Waals surface area contributed by atoms with Crippen LogP contribution in [-0.4, -0.2) is 74.3 Å². The van der Waals surface area contributed by atoms with Crippen molar-refractivity contribution in [2.24, 2.45) is 0 Å². The number of phosphoric ester groups is 1. The summed E-state index contributed by atoms with van der Waals surface area (Å²) in [5.74, 6) is -0.533. The minimum absolute atomic E-state index is 0.0359. The van der Waals surface area contributed by atoms with Gasteiger partial charge in [-0.05, 0) is 83.1 Å². The summed E-state index contributed by atoms with van der Waals surface area (Å²) in [6, 6.07) is -0.856. The smallest absolute Gasteiger partial charge is 0.456 e. The first-order valence-corrected chi connectivity index (χ1v) is 28.5. The molecule has 9 nitrogen and oxygen atoms in total. The van der Waals surface area contributed by atoms with Crippen molar-refractivity contribution in [2.75, 3.05) is 40.9 Å². The first kappa shape index (κ1) is 63.0. The van der Waals surface area contributed by atoms with Crippen molar-refractivity contribution in [1.29, 1.82) is 0 Å². The summed E-state index contributed by atoms with van der Waals surface area (Å²) < 4.78 is 30.5. The van der Waals surface area contributed by atoms with E-state index in [1.807, 2.05) is 33.3 Å². The molecule has 3 unspecified atom stereocenters.